The number of benzene rings is 24. The van der Waals surface area contributed by atoms with Crippen LogP contribution in [0.25, 0.3) is 220 Å². The van der Waals surface area contributed by atoms with Crippen molar-refractivity contribution in [2.24, 2.45) is 0 Å². The van der Waals surface area contributed by atoms with Crippen LogP contribution in [0.2, 0.25) is 0 Å². The van der Waals surface area contributed by atoms with Gasteiger partial charge in [0.05, 0.1) is 32.9 Å². The maximum Gasteiger partial charge on any atom is 0.0725 e. The maximum atomic E-state index is 2.54. The van der Waals surface area contributed by atoms with E-state index in [0.29, 0.717) is 0 Å². The third-order valence-electron chi connectivity index (χ3n) is 30.3. The molecule has 2 heterocycles. The lowest BCUT2D eigenvalue weighted by Crippen LogP contribution is -2.28. The van der Waals surface area contributed by atoms with Crippen molar-refractivity contribution in [3.05, 3.63) is 554 Å². The molecule has 29 rings (SSSR count). The van der Waals surface area contributed by atoms with Gasteiger partial charge in [-0.3, -0.25) is 0 Å². The fourth-order valence-corrected chi connectivity index (χ4v) is 24.7. The van der Waals surface area contributed by atoms with Crippen LogP contribution in [0.5, 0.6) is 0 Å². The molecule has 0 N–H and O–H groups in total. The highest BCUT2D eigenvalue weighted by Crippen LogP contribution is 2.64. The first-order chi connectivity index (χ1) is 67.5. The summed E-state index contributed by atoms with van der Waals surface area (Å²) in [6.07, 6.45) is 0. The van der Waals surface area contributed by atoms with Crippen molar-refractivity contribution in [2.75, 3.05) is 0 Å². The predicted molar refractivity (Wildman–Crippen MR) is 573 cm³/mol. The van der Waals surface area contributed by atoms with Crippen LogP contribution in [-0.2, 0) is 10.8 Å². The second-order valence-electron chi connectivity index (χ2n) is 36.9. The largest absolute Gasteiger partial charge is 0.309 e. The van der Waals surface area contributed by atoms with E-state index in [9.17, 15) is 0 Å². The molecule has 0 bridgehead atoms. The Morgan fingerprint density at radius 3 is 0.750 bits per heavy atom. The lowest BCUT2D eigenvalue weighted by atomic mass is 9.67. The Morgan fingerprint density at radius 1 is 0.132 bits per heavy atom. The normalized spacial score (nSPS) is 13.0. The van der Waals surface area contributed by atoms with Gasteiger partial charge >= 0.3 is 0 Å². The van der Waals surface area contributed by atoms with Gasteiger partial charge < -0.3 is 9.13 Å². The van der Waals surface area contributed by atoms with Crippen LogP contribution in [0.4, 0.5) is 0 Å². The van der Waals surface area contributed by atoms with Crippen LogP contribution < -0.4 is 0 Å². The van der Waals surface area contributed by atoms with E-state index in [4.69, 9.17) is 0 Å². The summed E-state index contributed by atoms with van der Waals surface area (Å²) in [7, 11) is 0. The van der Waals surface area contributed by atoms with E-state index in [2.05, 4.69) is 519 Å². The minimum Gasteiger partial charge on any atom is -0.309 e. The molecule has 0 atom stereocenters. The first-order valence-corrected chi connectivity index (χ1v) is 47.4. The van der Waals surface area contributed by atoms with Gasteiger partial charge in [-0.2, -0.15) is 0 Å². The molecule has 3 aliphatic carbocycles. The number of para-hydroxylation sites is 2. The van der Waals surface area contributed by atoms with E-state index in [1.807, 2.05) is 0 Å². The van der Waals surface area contributed by atoms with Gasteiger partial charge in [-0.25, -0.2) is 0 Å². The molecule has 2 aromatic heterocycles. The number of fused-ring (bicyclic) bond motifs is 25. The maximum absolute atomic E-state index is 2.54. The summed E-state index contributed by atoms with van der Waals surface area (Å²) in [5.74, 6) is 0. The Bertz CT molecular complexity index is 8780. The van der Waals surface area contributed by atoms with Crippen molar-refractivity contribution in [3.8, 4) is 112 Å². The van der Waals surface area contributed by atoms with Crippen molar-refractivity contribution < 1.29 is 0 Å². The van der Waals surface area contributed by atoms with E-state index in [-0.39, 0.29) is 0 Å². The molecule has 1 spiro atoms. The van der Waals surface area contributed by atoms with E-state index in [1.165, 1.54) is 253 Å². The lowest BCUT2D eigenvalue weighted by Gasteiger charge is -2.34. The average Bonchev–Trinajstić information content (AvgIpc) is 1.51. The second-order valence-corrected chi connectivity index (χ2v) is 36.9. The summed E-state index contributed by atoms with van der Waals surface area (Å²) in [4.78, 5) is 0. The lowest BCUT2D eigenvalue weighted by molar-refractivity contribution is 0.769. The van der Waals surface area contributed by atoms with Gasteiger partial charge in [0, 0.05) is 32.9 Å². The van der Waals surface area contributed by atoms with Gasteiger partial charge in [-0.1, -0.05) is 437 Å². The minimum atomic E-state index is -0.479. The zero-order valence-corrected chi connectivity index (χ0v) is 74.4. The quantitative estimate of drug-likeness (QED) is 0.121. The summed E-state index contributed by atoms with van der Waals surface area (Å²) in [6, 6.07) is 190. The molecular weight excluding hydrogens is 1640 g/mol. The average molecular weight is 1720 g/mol. The monoisotopic (exact) mass is 1720 g/mol. The van der Waals surface area contributed by atoms with Gasteiger partial charge in [0.2, 0.25) is 0 Å². The highest BCUT2D eigenvalue weighted by Gasteiger charge is 2.52. The Labute approximate surface area is 788 Å². The highest BCUT2D eigenvalue weighted by atomic mass is 15.0. The van der Waals surface area contributed by atoms with Crippen LogP contribution in [0.15, 0.2) is 510 Å². The summed E-state index contributed by atoms with van der Waals surface area (Å²) >= 11 is 0. The number of nitrogens with zero attached hydrogens (tertiary/aromatic N) is 2. The van der Waals surface area contributed by atoms with Crippen LogP contribution >= 0.6 is 0 Å². The van der Waals surface area contributed by atoms with Crippen molar-refractivity contribution in [1.29, 1.82) is 0 Å². The Hall–Kier alpha value is -17.6. The molecule has 630 valence electrons. The summed E-state index contributed by atoms with van der Waals surface area (Å²) in [5.41, 5.74) is 39.6. The molecule has 24 aromatic carbocycles. The topological polar surface area (TPSA) is 9.86 Å². The first-order valence-electron chi connectivity index (χ1n) is 47.4. The number of hydrogen-bond acceptors (Lipinski definition) is 0. The van der Waals surface area contributed by atoms with Crippen LogP contribution in [-0.4, -0.2) is 9.13 Å². The minimum absolute atomic E-state index is 0.405. The fraction of sp³-hybridized carbons (Fsp3) is 0.0149. The van der Waals surface area contributed by atoms with Gasteiger partial charge in [0.25, 0.3) is 0 Å². The van der Waals surface area contributed by atoms with Crippen LogP contribution in [0.3, 0.4) is 0 Å². The van der Waals surface area contributed by atoms with Gasteiger partial charge in [0.15, 0.2) is 0 Å². The van der Waals surface area contributed by atoms with Gasteiger partial charge in [-0.05, 0) is 282 Å². The van der Waals surface area contributed by atoms with E-state index < -0.39 is 10.8 Å². The summed E-state index contributed by atoms with van der Waals surface area (Å²) < 4.78 is 4.86. The predicted octanol–water partition coefficient (Wildman–Crippen LogP) is 35.2. The summed E-state index contributed by atoms with van der Waals surface area (Å²) in [5, 5.41) is 20.1. The molecule has 3 aliphatic rings. The molecule has 0 fully saturated rings. The van der Waals surface area contributed by atoms with E-state index >= 15 is 0 Å². The third kappa shape index (κ3) is 11.3. The molecule has 0 unspecified atom stereocenters. The van der Waals surface area contributed by atoms with Crippen LogP contribution in [0, 0.1) is 0 Å². The molecule has 136 heavy (non-hydrogen) atoms. The number of hydrogen-bond donors (Lipinski definition) is 0. The summed E-state index contributed by atoms with van der Waals surface area (Å²) in [6.45, 7) is 0. The van der Waals surface area contributed by atoms with E-state index in [0.717, 1.165) is 11.4 Å². The van der Waals surface area contributed by atoms with Crippen molar-refractivity contribution >= 4 is 108 Å². The van der Waals surface area contributed by atoms with Crippen LogP contribution in [0.1, 0.15) is 44.5 Å². The number of rotatable bonds is 10. The molecule has 0 saturated carbocycles. The molecule has 0 radical (unpaired) electrons. The Morgan fingerprint density at radius 2 is 0.382 bits per heavy atom. The van der Waals surface area contributed by atoms with Gasteiger partial charge in [-0.15, -0.1) is 0 Å². The van der Waals surface area contributed by atoms with Crippen molar-refractivity contribution in [1.82, 2.24) is 9.13 Å². The standard InChI is InChI=1S/C67H41N.C67H43N/c1-2-18-47-42(16-1)17-15-27-48(47)44-35-39-64-58(40-44)53-22-10-14-31-63(53)68(64)46-36-32-43(33-37-46)65-54-23-3-5-25-56(54)66(57-26-6-4-24-55(57)65)45-34-38-52-51-21-9-13-30-61(51)67(62(52)41-45)59-28-11-7-19-49(59)50-20-8-12-29-60(50)67;1-3-20-48(21-4-1)67(49-22-5-2-6-23-49)61-32-15-13-25-53(61)54-40-36-47(43-62(54)67)66-58-29-11-9-27-56(58)65(57-28-10-12-30-59(57)66)45-34-38-50(39-35-45)68-63-33-16-14-26-55(63)60-42-46(37-41-64(60)68)52-31-17-19-44-18-7-8-24-51(44)52/h1-41H;1-43H. The SMILES string of the molecule is c1ccc(C2(c3ccccc3)c3ccccc3-c3ccc(-c4c5ccccc5c(-c5ccc(-n6c7ccccc7c7cc(-c8cccc9ccccc89)ccc76)cc5)c5ccccc45)cc32)cc1.c1ccc2c(c1)-c1ccccc1C21c2ccccc2-c2ccc(-c3c4ccccc4c(-c4ccc(-n5c6ccccc6c6cc(-c7cccc8ccccc78)ccc65)cc4)c4ccccc34)cc21. The fourth-order valence-electron chi connectivity index (χ4n) is 24.7. The molecular formula is C134H84N2. The Balaban J connectivity index is 0.000000135. The zero-order valence-electron chi connectivity index (χ0n) is 74.4. The van der Waals surface area contributed by atoms with Gasteiger partial charge in [0.1, 0.15) is 0 Å². The Kier molecular flexibility index (Phi) is 17.3. The second kappa shape index (κ2) is 30.5. The first kappa shape index (κ1) is 77.2. The highest BCUT2D eigenvalue weighted by molar-refractivity contribution is 6.24. The molecule has 2 nitrogen and oxygen atoms in total. The molecule has 0 amide bonds. The third-order valence-corrected chi connectivity index (χ3v) is 30.3. The molecule has 0 aliphatic heterocycles. The number of aromatic nitrogens is 2. The van der Waals surface area contributed by atoms with E-state index in [1.54, 1.807) is 0 Å². The van der Waals surface area contributed by atoms with Crippen molar-refractivity contribution in [3.63, 3.8) is 0 Å². The molecule has 2 heteroatoms. The smallest absolute Gasteiger partial charge is 0.0725 e. The molecule has 26 aromatic rings. The zero-order chi connectivity index (χ0) is 89.3. The van der Waals surface area contributed by atoms with Crippen molar-refractivity contribution in [2.45, 2.75) is 10.8 Å². The molecule has 0 saturated heterocycles.